The van der Waals surface area contributed by atoms with E-state index < -0.39 is 0 Å². The molecule has 1 fully saturated rings. The highest BCUT2D eigenvalue weighted by Gasteiger charge is 2.19. The Morgan fingerprint density at radius 1 is 1.15 bits per heavy atom. The summed E-state index contributed by atoms with van der Waals surface area (Å²) in [6.07, 6.45) is 6.86. The zero-order chi connectivity index (χ0) is 14.6. The van der Waals surface area contributed by atoms with Crippen LogP contribution in [0, 0.1) is 0 Å². The molecule has 1 aromatic rings. The van der Waals surface area contributed by atoms with Crippen LogP contribution in [0.3, 0.4) is 0 Å². The second-order valence-corrected chi connectivity index (χ2v) is 7.18. The van der Waals surface area contributed by atoms with Crippen LogP contribution in [0.2, 0.25) is 0 Å². The summed E-state index contributed by atoms with van der Waals surface area (Å²) >= 11 is 0. The summed E-state index contributed by atoms with van der Waals surface area (Å²) < 4.78 is 5.94. The van der Waals surface area contributed by atoms with Crippen molar-refractivity contribution < 1.29 is 4.42 Å². The van der Waals surface area contributed by atoms with Crippen molar-refractivity contribution in [2.45, 2.75) is 77.5 Å². The lowest BCUT2D eigenvalue weighted by atomic mass is 9.94. The summed E-state index contributed by atoms with van der Waals surface area (Å²) in [5.74, 6) is 2.12. The molecule has 1 saturated carbocycles. The second kappa shape index (κ2) is 6.77. The van der Waals surface area contributed by atoms with Crippen LogP contribution in [0.25, 0.3) is 0 Å². The van der Waals surface area contributed by atoms with E-state index in [2.05, 4.69) is 50.2 Å². The van der Waals surface area contributed by atoms with Gasteiger partial charge in [0.2, 0.25) is 0 Å². The molecule has 0 saturated heterocycles. The molecule has 2 rings (SSSR count). The summed E-state index contributed by atoms with van der Waals surface area (Å²) in [6.45, 7) is 8.26. The lowest BCUT2D eigenvalue weighted by molar-refractivity contribution is 0.171. The maximum absolute atomic E-state index is 5.94. The van der Waals surface area contributed by atoms with Crippen molar-refractivity contribution >= 4 is 0 Å². The average Bonchev–Trinajstić information content (AvgIpc) is 2.84. The maximum atomic E-state index is 5.94. The zero-order valence-corrected chi connectivity index (χ0v) is 13.5. The molecule has 0 spiro atoms. The summed E-state index contributed by atoms with van der Waals surface area (Å²) in [5.41, 5.74) is 0.131. The van der Waals surface area contributed by atoms with E-state index >= 15 is 0 Å². The molecular formula is C17H30N2O. The Hall–Kier alpha value is -0.800. The summed E-state index contributed by atoms with van der Waals surface area (Å²) in [4.78, 5) is 2.46. The molecule has 0 bridgehead atoms. The quantitative estimate of drug-likeness (QED) is 0.884. The molecule has 0 aromatic carbocycles. The van der Waals surface area contributed by atoms with Gasteiger partial charge in [0.05, 0.1) is 13.1 Å². The molecule has 3 nitrogen and oxygen atoms in total. The summed E-state index contributed by atoms with van der Waals surface area (Å²) in [6, 6.07) is 4.96. The number of hydrogen-bond donors (Lipinski definition) is 1. The van der Waals surface area contributed by atoms with Crippen LogP contribution in [0.4, 0.5) is 0 Å². The fraction of sp³-hybridized carbons (Fsp3) is 0.765. The van der Waals surface area contributed by atoms with Crippen molar-refractivity contribution in [1.29, 1.82) is 0 Å². The van der Waals surface area contributed by atoms with Crippen LogP contribution in [0.5, 0.6) is 0 Å². The van der Waals surface area contributed by atoms with Gasteiger partial charge in [0.15, 0.2) is 0 Å². The van der Waals surface area contributed by atoms with Gasteiger partial charge in [0.1, 0.15) is 11.5 Å². The first-order chi connectivity index (χ1) is 9.44. The largest absolute Gasteiger partial charge is 0.463 e. The first kappa shape index (κ1) is 15.6. The highest BCUT2D eigenvalue weighted by Crippen LogP contribution is 2.23. The van der Waals surface area contributed by atoms with E-state index in [1.165, 1.54) is 32.1 Å². The molecule has 20 heavy (non-hydrogen) atoms. The Morgan fingerprint density at radius 2 is 1.80 bits per heavy atom. The average molecular weight is 278 g/mol. The zero-order valence-electron chi connectivity index (χ0n) is 13.5. The highest BCUT2D eigenvalue weighted by molar-refractivity contribution is 5.07. The number of furan rings is 1. The highest BCUT2D eigenvalue weighted by atomic mass is 16.3. The van der Waals surface area contributed by atoms with E-state index in [4.69, 9.17) is 4.42 Å². The third-order valence-electron chi connectivity index (χ3n) is 4.11. The fourth-order valence-corrected chi connectivity index (χ4v) is 2.85. The second-order valence-electron chi connectivity index (χ2n) is 7.18. The lowest BCUT2D eigenvalue weighted by Gasteiger charge is -2.30. The molecule has 114 valence electrons. The summed E-state index contributed by atoms with van der Waals surface area (Å²) in [5, 5.41) is 3.46. The van der Waals surface area contributed by atoms with Crippen molar-refractivity contribution in [3.05, 3.63) is 23.7 Å². The number of rotatable bonds is 5. The first-order valence-corrected chi connectivity index (χ1v) is 7.97. The molecule has 0 atom stereocenters. The van der Waals surface area contributed by atoms with Crippen molar-refractivity contribution in [3.8, 4) is 0 Å². The lowest BCUT2D eigenvalue weighted by Crippen LogP contribution is -2.34. The van der Waals surface area contributed by atoms with Gasteiger partial charge in [-0.05, 0) is 52.8 Å². The molecule has 0 radical (unpaired) electrons. The molecule has 0 amide bonds. The van der Waals surface area contributed by atoms with Gasteiger partial charge < -0.3 is 9.73 Å². The van der Waals surface area contributed by atoms with Crippen LogP contribution in [0.1, 0.15) is 64.4 Å². The van der Waals surface area contributed by atoms with Gasteiger partial charge in [0, 0.05) is 11.6 Å². The smallest absolute Gasteiger partial charge is 0.118 e. The molecule has 1 N–H and O–H groups in total. The van der Waals surface area contributed by atoms with Crippen molar-refractivity contribution in [2.24, 2.45) is 0 Å². The van der Waals surface area contributed by atoms with Crippen LogP contribution in [-0.4, -0.2) is 23.5 Å². The van der Waals surface area contributed by atoms with Crippen LogP contribution < -0.4 is 5.32 Å². The third-order valence-corrected chi connectivity index (χ3v) is 4.11. The van der Waals surface area contributed by atoms with Gasteiger partial charge in [-0.2, -0.15) is 0 Å². The topological polar surface area (TPSA) is 28.4 Å². The molecule has 1 aromatic heterocycles. The Kier molecular flexibility index (Phi) is 5.28. The van der Waals surface area contributed by atoms with Gasteiger partial charge in [-0.3, -0.25) is 4.90 Å². The predicted molar refractivity (Wildman–Crippen MR) is 83.6 cm³/mol. The molecule has 1 aliphatic rings. The van der Waals surface area contributed by atoms with Gasteiger partial charge in [-0.15, -0.1) is 0 Å². The minimum absolute atomic E-state index is 0.131. The number of hydrogen-bond acceptors (Lipinski definition) is 3. The molecule has 3 heteroatoms. The SMILES string of the molecule is CN(Cc1ccc(CNC(C)(C)C)o1)C1CCCCC1. The van der Waals surface area contributed by atoms with Gasteiger partial charge in [-0.1, -0.05) is 19.3 Å². The van der Waals surface area contributed by atoms with E-state index in [-0.39, 0.29) is 5.54 Å². The van der Waals surface area contributed by atoms with Gasteiger partial charge >= 0.3 is 0 Å². The Morgan fingerprint density at radius 3 is 2.45 bits per heavy atom. The van der Waals surface area contributed by atoms with Crippen molar-refractivity contribution in [1.82, 2.24) is 10.2 Å². The molecule has 1 aliphatic carbocycles. The fourth-order valence-electron chi connectivity index (χ4n) is 2.85. The van der Waals surface area contributed by atoms with Crippen molar-refractivity contribution in [3.63, 3.8) is 0 Å². The Labute approximate surface area is 123 Å². The van der Waals surface area contributed by atoms with E-state index in [0.717, 1.165) is 30.7 Å². The standard InChI is InChI=1S/C17H30N2O/c1-17(2,3)18-12-15-10-11-16(20-15)13-19(4)14-8-6-5-7-9-14/h10-11,14,18H,5-9,12-13H2,1-4H3. The molecular weight excluding hydrogens is 248 g/mol. The van der Waals surface area contributed by atoms with Crippen LogP contribution in [0.15, 0.2) is 16.5 Å². The maximum Gasteiger partial charge on any atom is 0.118 e. The Bertz CT molecular complexity index is 399. The van der Waals surface area contributed by atoms with Gasteiger partial charge in [0.25, 0.3) is 0 Å². The molecule has 0 aliphatic heterocycles. The number of nitrogens with zero attached hydrogens (tertiary/aromatic N) is 1. The molecule has 0 unspecified atom stereocenters. The van der Waals surface area contributed by atoms with Crippen LogP contribution in [-0.2, 0) is 13.1 Å². The van der Waals surface area contributed by atoms with E-state index in [1.54, 1.807) is 0 Å². The Balaban J connectivity index is 1.82. The first-order valence-electron chi connectivity index (χ1n) is 7.97. The van der Waals surface area contributed by atoms with Crippen molar-refractivity contribution in [2.75, 3.05) is 7.05 Å². The van der Waals surface area contributed by atoms with E-state index in [9.17, 15) is 0 Å². The monoisotopic (exact) mass is 278 g/mol. The minimum Gasteiger partial charge on any atom is -0.463 e. The van der Waals surface area contributed by atoms with Gasteiger partial charge in [-0.25, -0.2) is 0 Å². The van der Waals surface area contributed by atoms with E-state index in [0.29, 0.717) is 0 Å². The molecule has 1 heterocycles. The normalized spacial score (nSPS) is 17.9. The predicted octanol–water partition coefficient (Wildman–Crippen LogP) is 3.93. The third kappa shape index (κ3) is 4.95. The van der Waals surface area contributed by atoms with E-state index in [1.807, 2.05) is 0 Å². The summed E-state index contributed by atoms with van der Waals surface area (Å²) in [7, 11) is 2.23. The van der Waals surface area contributed by atoms with Crippen LogP contribution >= 0.6 is 0 Å². The minimum atomic E-state index is 0.131. The number of nitrogens with one attached hydrogen (secondary N) is 1.